The van der Waals surface area contributed by atoms with Gasteiger partial charge in [-0.1, -0.05) is 13.0 Å². The molecule has 1 aromatic carbocycles. The first kappa shape index (κ1) is 12.3. The molecular weight excluding hydrogens is 202 g/mol. The maximum absolute atomic E-state index is 11.4. The standard InChI is InChI=1S/C13H15NO2/c1-4-11(8-14)16-13-7-9(2)5-6-12(13)10(3)15/h5-7,11H,4H2,1-3H3. The highest BCUT2D eigenvalue weighted by Gasteiger charge is 2.12. The van der Waals surface area contributed by atoms with E-state index in [1.807, 2.05) is 19.9 Å². The molecule has 1 atom stereocenters. The quantitative estimate of drug-likeness (QED) is 0.728. The Morgan fingerprint density at radius 1 is 1.56 bits per heavy atom. The topological polar surface area (TPSA) is 50.1 Å². The second-order valence-electron chi connectivity index (χ2n) is 3.70. The molecule has 0 radical (unpaired) electrons. The van der Waals surface area contributed by atoms with E-state index in [0.717, 1.165) is 5.56 Å². The second-order valence-corrected chi connectivity index (χ2v) is 3.70. The van der Waals surface area contributed by atoms with E-state index in [-0.39, 0.29) is 5.78 Å². The SMILES string of the molecule is CCC(C#N)Oc1cc(C)ccc1C(C)=O. The van der Waals surface area contributed by atoms with Crippen LogP contribution in [0.3, 0.4) is 0 Å². The molecular formula is C13H15NO2. The molecule has 0 saturated heterocycles. The summed E-state index contributed by atoms with van der Waals surface area (Å²) in [6.07, 6.45) is 0.0989. The molecule has 0 aliphatic carbocycles. The lowest BCUT2D eigenvalue weighted by Gasteiger charge is -2.13. The van der Waals surface area contributed by atoms with Crippen LogP contribution in [0.2, 0.25) is 0 Å². The predicted octanol–water partition coefficient (Wildman–Crippen LogP) is 2.88. The number of carbonyl (C=O) groups excluding carboxylic acids is 1. The molecule has 0 amide bonds. The Morgan fingerprint density at radius 3 is 2.75 bits per heavy atom. The number of nitrogens with zero attached hydrogens (tertiary/aromatic N) is 1. The van der Waals surface area contributed by atoms with Gasteiger partial charge >= 0.3 is 0 Å². The van der Waals surface area contributed by atoms with Crippen LogP contribution in [0.4, 0.5) is 0 Å². The minimum Gasteiger partial charge on any atom is -0.475 e. The molecule has 0 saturated carbocycles. The average molecular weight is 217 g/mol. The first-order valence-electron chi connectivity index (χ1n) is 5.26. The van der Waals surface area contributed by atoms with Crippen LogP contribution in [0.15, 0.2) is 18.2 Å². The van der Waals surface area contributed by atoms with Gasteiger partial charge in [-0.2, -0.15) is 5.26 Å². The second kappa shape index (κ2) is 5.32. The van der Waals surface area contributed by atoms with Gasteiger partial charge in [0, 0.05) is 0 Å². The largest absolute Gasteiger partial charge is 0.475 e. The van der Waals surface area contributed by atoms with Crippen LogP contribution in [0.25, 0.3) is 0 Å². The van der Waals surface area contributed by atoms with E-state index in [0.29, 0.717) is 17.7 Å². The number of ether oxygens (including phenoxy) is 1. The third-order valence-corrected chi connectivity index (χ3v) is 2.30. The number of rotatable bonds is 4. The number of ketones is 1. The van der Waals surface area contributed by atoms with Gasteiger partial charge in [-0.05, 0) is 38.0 Å². The third-order valence-electron chi connectivity index (χ3n) is 2.30. The molecule has 0 spiro atoms. The fourth-order valence-electron chi connectivity index (χ4n) is 1.37. The molecule has 1 aromatic rings. The summed E-state index contributed by atoms with van der Waals surface area (Å²) >= 11 is 0. The zero-order valence-electron chi connectivity index (χ0n) is 9.78. The number of carbonyl (C=O) groups is 1. The van der Waals surface area contributed by atoms with Crippen molar-refractivity contribution in [2.24, 2.45) is 0 Å². The van der Waals surface area contributed by atoms with E-state index in [9.17, 15) is 4.79 Å². The summed E-state index contributed by atoms with van der Waals surface area (Å²) in [6.45, 7) is 5.28. The van der Waals surface area contributed by atoms with Crippen LogP contribution in [-0.2, 0) is 0 Å². The number of nitriles is 1. The third kappa shape index (κ3) is 2.83. The molecule has 1 rings (SSSR count). The van der Waals surface area contributed by atoms with Crippen molar-refractivity contribution in [3.05, 3.63) is 29.3 Å². The van der Waals surface area contributed by atoms with Gasteiger partial charge in [0.2, 0.25) is 0 Å². The predicted molar refractivity (Wildman–Crippen MR) is 61.5 cm³/mol. The fourth-order valence-corrected chi connectivity index (χ4v) is 1.37. The summed E-state index contributed by atoms with van der Waals surface area (Å²) in [7, 11) is 0. The Labute approximate surface area is 95.7 Å². The molecule has 0 aromatic heterocycles. The molecule has 0 bridgehead atoms. The summed E-state index contributed by atoms with van der Waals surface area (Å²) in [5.74, 6) is 0.448. The number of benzene rings is 1. The summed E-state index contributed by atoms with van der Waals surface area (Å²) in [5.41, 5.74) is 1.53. The summed E-state index contributed by atoms with van der Waals surface area (Å²) < 4.78 is 5.50. The number of hydrogen-bond acceptors (Lipinski definition) is 3. The minimum atomic E-state index is -0.500. The Hall–Kier alpha value is -1.82. The Kier molecular flexibility index (Phi) is 4.07. The van der Waals surface area contributed by atoms with E-state index in [4.69, 9.17) is 10.00 Å². The molecule has 16 heavy (non-hydrogen) atoms. The zero-order chi connectivity index (χ0) is 12.1. The summed E-state index contributed by atoms with van der Waals surface area (Å²) in [5, 5.41) is 8.83. The molecule has 0 heterocycles. The van der Waals surface area contributed by atoms with Gasteiger partial charge < -0.3 is 4.74 Å². The molecule has 0 N–H and O–H groups in total. The van der Waals surface area contributed by atoms with E-state index < -0.39 is 6.10 Å². The highest BCUT2D eigenvalue weighted by atomic mass is 16.5. The Balaban J connectivity index is 3.06. The van der Waals surface area contributed by atoms with Crippen LogP contribution in [0.5, 0.6) is 5.75 Å². The van der Waals surface area contributed by atoms with Crippen molar-refractivity contribution in [3.8, 4) is 11.8 Å². The highest BCUT2D eigenvalue weighted by Crippen LogP contribution is 2.22. The first-order chi connectivity index (χ1) is 7.58. The summed E-state index contributed by atoms with van der Waals surface area (Å²) in [4.78, 5) is 11.4. The van der Waals surface area contributed by atoms with Crippen molar-refractivity contribution >= 4 is 5.78 Å². The van der Waals surface area contributed by atoms with Crippen LogP contribution in [0.1, 0.15) is 36.2 Å². The molecule has 0 fully saturated rings. The van der Waals surface area contributed by atoms with Crippen molar-refractivity contribution in [2.45, 2.75) is 33.3 Å². The fraction of sp³-hybridized carbons (Fsp3) is 0.385. The minimum absolute atomic E-state index is 0.0530. The normalized spacial score (nSPS) is 11.6. The average Bonchev–Trinajstić information content (AvgIpc) is 2.25. The van der Waals surface area contributed by atoms with Crippen molar-refractivity contribution < 1.29 is 9.53 Å². The molecule has 84 valence electrons. The number of Topliss-reactive ketones (excluding diaryl/α,β-unsaturated/α-hetero) is 1. The van der Waals surface area contributed by atoms with Crippen molar-refractivity contribution in [3.63, 3.8) is 0 Å². The molecule has 1 unspecified atom stereocenters. The lowest BCUT2D eigenvalue weighted by atomic mass is 10.1. The van der Waals surface area contributed by atoms with Crippen LogP contribution in [0, 0.1) is 18.3 Å². The van der Waals surface area contributed by atoms with Crippen LogP contribution in [-0.4, -0.2) is 11.9 Å². The van der Waals surface area contributed by atoms with Crippen LogP contribution >= 0.6 is 0 Å². The van der Waals surface area contributed by atoms with Gasteiger partial charge in [0.1, 0.15) is 11.8 Å². The first-order valence-corrected chi connectivity index (χ1v) is 5.26. The molecule has 0 aliphatic rings. The van der Waals surface area contributed by atoms with Crippen molar-refractivity contribution in [1.82, 2.24) is 0 Å². The monoisotopic (exact) mass is 217 g/mol. The van der Waals surface area contributed by atoms with Gasteiger partial charge in [-0.25, -0.2) is 0 Å². The van der Waals surface area contributed by atoms with Gasteiger partial charge in [0.05, 0.1) is 5.56 Å². The Morgan fingerprint density at radius 2 is 2.25 bits per heavy atom. The van der Waals surface area contributed by atoms with Gasteiger partial charge in [-0.3, -0.25) is 4.79 Å². The maximum Gasteiger partial charge on any atom is 0.184 e. The molecule has 3 nitrogen and oxygen atoms in total. The van der Waals surface area contributed by atoms with Crippen molar-refractivity contribution in [2.75, 3.05) is 0 Å². The van der Waals surface area contributed by atoms with Gasteiger partial charge in [0.25, 0.3) is 0 Å². The highest BCUT2D eigenvalue weighted by molar-refractivity contribution is 5.96. The van der Waals surface area contributed by atoms with Gasteiger partial charge in [-0.15, -0.1) is 0 Å². The van der Waals surface area contributed by atoms with Crippen LogP contribution < -0.4 is 4.74 Å². The van der Waals surface area contributed by atoms with Crippen molar-refractivity contribution in [1.29, 1.82) is 5.26 Å². The maximum atomic E-state index is 11.4. The molecule has 3 heteroatoms. The number of hydrogen-bond donors (Lipinski definition) is 0. The smallest absolute Gasteiger partial charge is 0.184 e. The molecule has 0 aliphatic heterocycles. The van der Waals surface area contributed by atoms with E-state index >= 15 is 0 Å². The van der Waals surface area contributed by atoms with Gasteiger partial charge in [0.15, 0.2) is 11.9 Å². The van der Waals surface area contributed by atoms with E-state index in [2.05, 4.69) is 6.07 Å². The zero-order valence-corrected chi connectivity index (χ0v) is 9.78. The van der Waals surface area contributed by atoms with E-state index in [1.165, 1.54) is 6.92 Å². The summed E-state index contributed by atoms with van der Waals surface area (Å²) in [6, 6.07) is 7.43. The Bertz CT molecular complexity index is 432. The lowest BCUT2D eigenvalue weighted by Crippen LogP contribution is -2.14. The lowest BCUT2D eigenvalue weighted by molar-refractivity contribution is 0.101. The van der Waals surface area contributed by atoms with E-state index in [1.54, 1.807) is 12.1 Å². The number of aryl methyl sites for hydroxylation is 1.